The highest BCUT2D eigenvalue weighted by molar-refractivity contribution is 6.03. The molecule has 6 nitrogen and oxygen atoms in total. The highest BCUT2D eigenvalue weighted by Crippen LogP contribution is 2.16. The van der Waals surface area contributed by atoms with Gasteiger partial charge >= 0.3 is 0 Å². The van der Waals surface area contributed by atoms with Crippen LogP contribution in [0, 0.1) is 18.3 Å². The number of nitrogens with zero attached hydrogens (tertiary/aromatic N) is 4. The van der Waals surface area contributed by atoms with Crippen LogP contribution in [0.4, 0.5) is 5.69 Å². The third kappa shape index (κ3) is 2.52. The van der Waals surface area contributed by atoms with Crippen molar-refractivity contribution < 1.29 is 4.79 Å². The number of pyridine rings is 1. The van der Waals surface area contributed by atoms with Crippen LogP contribution in [-0.4, -0.2) is 20.7 Å². The van der Waals surface area contributed by atoms with Crippen LogP contribution in [-0.2, 0) is 13.5 Å². The summed E-state index contributed by atoms with van der Waals surface area (Å²) in [7, 11) is 1.83. The monoisotopic (exact) mass is 269 g/mol. The molecule has 102 valence electrons. The Morgan fingerprint density at radius 1 is 1.50 bits per heavy atom. The van der Waals surface area contributed by atoms with Gasteiger partial charge in [-0.25, -0.2) is 4.98 Å². The minimum absolute atomic E-state index is 0.285. The topological polar surface area (TPSA) is 83.6 Å². The lowest BCUT2D eigenvalue weighted by molar-refractivity contribution is 0.102. The van der Waals surface area contributed by atoms with E-state index in [2.05, 4.69) is 15.4 Å². The molecule has 0 fully saturated rings. The molecule has 0 aromatic carbocycles. The number of amides is 1. The molecule has 6 heteroatoms. The van der Waals surface area contributed by atoms with E-state index in [4.69, 9.17) is 5.26 Å². The first-order chi connectivity index (χ1) is 9.56. The number of carbonyl (C=O) groups is 1. The summed E-state index contributed by atoms with van der Waals surface area (Å²) in [5.41, 5.74) is 2.93. The van der Waals surface area contributed by atoms with Crippen molar-refractivity contribution in [2.45, 2.75) is 20.3 Å². The molecule has 0 unspecified atom stereocenters. The second-order valence-electron chi connectivity index (χ2n) is 4.38. The molecule has 0 radical (unpaired) electrons. The van der Waals surface area contributed by atoms with Gasteiger partial charge in [0.05, 0.1) is 28.8 Å². The summed E-state index contributed by atoms with van der Waals surface area (Å²) in [6.07, 6.45) is 2.39. The molecule has 0 atom stereocenters. The van der Waals surface area contributed by atoms with Crippen molar-refractivity contribution in [3.63, 3.8) is 0 Å². The van der Waals surface area contributed by atoms with E-state index in [0.717, 1.165) is 12.1 Å². The number of aromatic nitrogens is 3. The molecular formula is C14H15N5O. The minimum Gasteiger partial charge on any atom is -0.318 e. The Morgan fingerprint density at radius 3 is 2.85 bits per heavy atom. The molecule has 0 spiro atoms. The molecule has 20 heavy (non-hydrogen) atoms. The normalized spacial score (nSPS) is 10.1. The molecule has 0 saturated carbocycles. The van der Waals surface area contributed by atoms with E-state index in [1.54, 1.807) is 29.9 Å². The Kier molecular flexibility index (Phi) is 3.80. The Labute approximate surface area is 117 Å². The summed E-state index contributed by atoms with van der Waals surface area (Å²) in [6.45, 7) is 3.70. The quantitative estimate of drug-likeness (QED) is 0.921. The van der Waals surface area contributed by atoms with Crippen molar-refractivity contribution in [1.82, 2.24) is 14.8 Å². The summed E-state index contributed by atoms with van der Waals surface area (Å²) in [6, 6.07) is 5.17. The second-order valence-corrected chi connectivity index (χ2v) is 4.38. The van der Waals surface area contributed by atoms with Crippen molar-refractivity contribution >= 4 is 11.6 Å². The molecule has 1 amide bonds. The summed E-state index contributed by atoms with van der Waals surface area (Å²) in [5, 5.41) is 15.8. The molecule has 0 saturated heterocycles. The van der Waals surface area contributed by atoms with Gasteiger partial charge in [0.1, 0.15) is 11.8 Å². The average molecular weight is 269 g/mol. The zero-order valence-electron chi connectivity index (χ0n) is 11.6. The van der Waals surface area contributed by atoms with Crippen molar-refractivity contribution in [1.29, 1.82) is 5.26 Å². The molecule has 0 aliphatic rings. The van der Waals surface area contributed by atoms with Gasteiger partial charge in [0.15, 0.2) is 0 Å². The highest BCUT2D eigenvalue weighted by atomic mass is 16.1. The zero-order chi connectivity index (χ0) is 14.7. The molecule has 0 aliphatic heterocycles. The van der Waals surface area contributed by atoms with Gasteiger partial charge in [0, 0.05) is 7.05 Å². The van der Waals surface area contributed by atoms with Gasteiger partial charge in [-0.3, -0.25) is 9.48 Å². The standard InChI is InChI=1S/C14H15N5O/c1-4-13-12(8-16-19(13)3)18-14(20)11-6-5-10(7-15)9(2)17-11/h5-6,8H,4H2,1-3H3,(H,18,20). The van der Waals surface area contributed by atoms with Gasteiger partial charge in [-0.2, -0.15) is 10.4 Å². The molecule has 0 aliphatic carbocycles. The van der Waals surface area contributed by atoms with Crippen LogP contribution < -0.4 is 5.32 Å². The van der Waals surface area contributed by atoms with Gasteiger partial charge in [-0.05, 0) is 25.5 Å². The minimum atomic E-state index is -0.305. The molecule has 0 bridgehead atoms. The van der Waals surface area contributed by atoms with E-state index in [9.17, 15) is 4.79 Å². The first-order valence-electron chi connectivity index (χ1n) is 6.26. The highest BCUT2D eigenvalue weighted by Gasteiger charge is 2.13. The van der Waals surface area contributed by atoms with E-state index in [1.807, 2.05) is 20.0 Å². The number of aryl methyl sites for hydroxylation is 2. The van der Waals surface area contributed by atoms with Gasteiger partial charge in [-0.1, -0.05) is 6.92 Å². The van der Waals surface area contributed by atoms with E-state index in [0.29, 0.717) is 16.9 Å². The molecule has 1 N–H and O–H groups in total. The van der Waals surface area contributed by atoms with Gasteiger partial charge < -0.3 is 5.32 Å². The SMILES string of the molecule is CCc1c(NC(=O)c2ccc(C#N)c(C)n2)cnn1C. The fourth-order valence-corrected chi connectivity index (χ4v) is 1.98. The number of hydrogen-bond donors (Lipinski definition) is 1. The van der Waals surface area contributed by atoms with E-state index in [1.165, 1.54) is 0 Å². The first-order valence-corrected chi connectivity index (χ1v) is 6.26. The summed E-state index contributed by atoms with van der Waals surface area (Å²) in [5.74, 6) is -0.305. The van der Waals surface area contributed by atoms with Crippen molar-refractivity contribution in [2.24, 2.45) is 7.05 Å². The third-order valence-corrected chi connectivity index (χ3v) is 3.08. The Balaban J connectivity index is 2.24. The lowest BCUT2D eigenvalue weighted by Gasteiger charge is -2.06. The fourth-order valence-electron chi connectivity index (χ4n) is 1.98. The van der Waals surface area contributed by atoms with Crippen LogP contribution >= 0.6 is 0 Å². The number of hydrogen-bond acceptors (Lipinski definition) is 4. The lowest BCUT2D eigenvalue weighted by atomic mass is 10.2. The van der Waals surface area contributed by atoms with Crippen LogP contribution in [0.25, 0.3) is 0 Å². The third-order valence-electron chi connectivity index (χ3n) is 3.08. The number of rotatable bonds is 3. The van der Waals surface area contributed by atoms with E-state index >= 15 is 0 Å². The maximum atomic E-state index is 12.1. The van der Waals surface area contributed by atoms with Crippen LogP contribution in [0.15, 0.2) is 18.3 Å². The molecule has 2 aromatic rings. The lowest BCUT2D eigenvalue weighted by Crippen LogP contribution is -2.15. The summed E-state index contributed by atoms with van der Waals surface area (Å²) in [4.78, 5) is 16.3. The largest absolute Gasteiger partial charge is 0.318 e. The van der Waals surface area contributed by atoms with Crippen LogP contribution in [0.1, 0.15) is 34.4 Å². The molecule has 2 rings (SSSR count). The Morgan fingerprint density at radius 2 is 2.25 bits per heavy atom. The maximum absolute atomic E-state index is 12.1. The average Bonchev–Trinajstić information content (AvgIpc) is 2.78. The fraction of sp³-hybridized carbons (Fsp3) is 0.286. The predicted octanol–water partition coefficient (Wildman–Crippen LogP) is 1.81. The van der Waals surface area contributed by atoms with Crippen LogP contribution in [0.5, 0.6) is 0 Å². The van der Waals surface area contributed by atoms with Crippen molar-refractivity contribution in [3.8, 4) is 6.07 Å². The zero-order valence-corrected chi connectivity index (χ0v) is 11.6. The summed E-state index contributed by atoms with van der Waals surface area (Å²) < 4.78 is 1.73. The molecular weight excluding hydrogens is 254 g/mol. The van der Waals surface area contributed by atoms with Crippen LogP contribution in [0.2, 0.25) is 0 Å². The smallest absolute Gasteiger partial charge is 0.274 e. The predicted molar refractivity (Wildman–Crippen MR) is 74.2 cm³/mol. The van der Waals surface area contributed by atoms with Crippen molar-refractivity contribution in [3.05, 3.63) is 41.0 Å². The van der Waals surface area contributed by atoms with Gasteiger partial charge in [0.25, 0.3) is 5.91 Å². The second kappa shape index (κ2) is 5.53. The number of nitriles is 1. The van der Waals surface area contributed by atoms with E-state index < -0.39 is 0 Å². The van der Waals surface area contributed by atoms with Gasteiger partial charge in [0.2, 0.25) is 0 Å². The number of nitrogens with one attached hydrogen (secondary N) is 1. The van der Waals surface area contributed by atoms with E-state index in [-0.39, 0.29) is 11.6 Å². The number of anilines is 1. The Hall–Kier alpha value is -2.68. The van der Waals surface area contributed by atoms with Crippen molar-refractivity contribution in [2.75, 3.05) is 5.32 Å². The molecule has 2 heterocycles. The molecule has 2 aromatic heterocycles. The Bertz CT molecular complexity index is 696. The van der Waals surface area contributed by atoms with Gasteiger partial charge in [-0.15, -0.1) is 0 Å². The summed E-state index contributed by atoms with van der Waals surface area (Å²) >= 11 is 0. The first kappa shape index (κ1) is 13.7. The number of carbonyl (C=O) groups excluding carboxylic acids is 1. The van der Waals surface area contributed by atoms with Crippen LogP contribution in [0.3, 0.4) is 0 Å². The maximum Gasteiger partial charge on any atom is 0.274 e.